The van der Waals surface area contributed by atoms with Crippen LogP contribution in [0.3, 0.4) is 0 Å². The molecule has 0 saturated carbocycles. The number of nitrogens with two attached hydrogens (primary N) is 1. The van der Waals surface area contributed by atoms with Crippen molar-refractivity contribution in [3.63, 3.8) is 0 Å². The maximum absolute atomic E-state index is 13.5. The molecule has 4 aromatic rings. The molecular weight excluding hydrogens is 456 g/mol. The van der Waals surface area contributed by atoms with E-state index in [4.69, 9.17) is 5.73 Å². The van der Waals surface area contributed by atoms with Gasteiger partial charge in [-0.2, -0.15) is 9.94 Å². The van der Waals surface area contributed by atoms with Crippen LogP contribution in [-0.4, -0.2) is 25.6 Å². The number of thiazole rings is 1. The van der Waals surface area contributed by atoms with Crippen molar-refractivity contribution in [2.45, 2.75) is 12.8 Å². The molecule has 0 aliphatic rings. The van der Waals surface area contributed by atoms with E-state index in [0.717, 1.165) is 0 Å². The zero-order valence-corrected chi connectivity index (χ0v) is 18.7. The van der Waals surface area contributed by atoms with Gasteiger partial charge in [-0.25, -0.2) is 4.98 Å². The molecule has 11 heteroatoms. The molecule has 2 aromatic heterocycles. The Bertz CT molecular complexity index is 1480. The average molecular weight is 475 g/mol. The molecule has 1 amide bonds. The first-order chi connectivity index (χ1) is 16.3. The topological polar surface area (TPSA) is 161 Å². The van der Waals surface area contributed by atoms with Crippen LogP contribution in [0.1, 0.15) is 22.7 Å². The van der Waals surface area contributed by atoms with E-state index < -0.39 is 28.2 Å². The van der Waals surface area contributed by atoms with Crippen molar-refractivity contribution < 1.29 is 9.72 Å². The molecule has 4 rings (SSSR count). The highest BCUT2D eigenvalue weighted by atomic mass is 32.1. The Morgan fingerprint density at radius 3 is 2.65 bits per heavy atom. The summed E-state index contributed by atoms with van der Waals surface area (Å²) < 4.78 is 1.24. The Labute approximate surface area is 197 Å². The number of benzene rings is 2. The molecule has 10 nitrogen and oxygen atoms in total. The van der Waals surface area contributed by atoms with Crippen molar-refractivity contribution in [3.8, 4) is 21.6 Å². The van der Waals surface area contributed by atoms with E-state index in [-0.39, 0.29) is 11.3 Å². The second kappa shape index (κ2) is 9.13. The molecule has 0 spiro atoms. The summed E-state index contributed by atoms with van der Waals surface area (Å²) in [4.78, 5) is 41.1. The van der Waals surface area contributed by atoms with E-state index in [1.165, 1.54) is 34.3 Å². The van der Waals surface area contributed by atoms with Crippen molar-refractivity contribution in [1.29, 1.82) is 5.26 Å². The van der Waals surface area contributed by atoms with Crippen molar-refractivity contribution in [2.24, 2.45) is 11.7 Å². The third-order valence-electron chi connectivity index (χ3n) is 5.39. The molecule has 2 heterocycles. The van der Waals surface area contributed by atoms with Crippen molar-refractivity contribution >= 4 is 22.9 Å². The number of hydrogen-bond acceptors (Lipinski definition) is 7. The number of aromatic nitrogens is 3. The second-order valence-corrected chi connectivity index (χ2v) is 8.51. The van der Waals surface area contributed by atoms with Gasteiger partial charge in [0.25, 0.3) is 11.2 Å². The molecule has 2 atom stereocenters. The third-order valence-corrected chi connectivity index (χ3v) is 6.42. The highest BCUT2D eigenvalue weighted by Gasteiger charge is 2.34. The van der Waals surface area contributed by atoms with Crippen LogP contribution in [0.4, 0.5) is 5.69 Å². The number of aromatic amines is 1. The fraction of sp³-hybridized carbons (Fsp3) is 0.130. The molecular formula is C23H18N6O4S. The van der Waals surface area contributed by atoms with Crippen LogP contribution in [0.15, 0.2) is 65.6 Å². The Balaban J connectivity index is 1.81. The predicted molar refractivity (Wildman–Crippen MR) is 125 cm³/mol. The maximum Gasteiger partial charge on any atom is 0.277 e. The van der Waals surface area contributed by atoms with E-state index in [9.17, 15) is 25.0 Å². The molecule has 0 fully saturated rings. The molecule has 0 aliphatic carbocycles. The van der Waals surface area contributed by atoms with Crippen LogP contribution < -0.4 is 11.3 Å². The summed E-state index contributed by atoms with van der Waals surface area (Å²) >= 11 is 1.17. The first kappa shape index (κ1) is 22.6. The third kappa shape index (κ3) is 4.10. The summed E-state index contributed by atoms with van der Waals surface area (Å²) in [5.41, 5.74) is 6.89. The Morgan fingerprint density at radius 2 is 2.00 bits per heavy atom. The summed E-state index contributed by atoms with van der Waals surface area (Å²) in [5, 5.41) is 24.0. The lowest BCUT2D eigenvalue weighted by atomic mass is 9.81. The Morgan fingerprint density at radius 1 is 1.26 bits per heavy atom. The molecule has 0 radical (unpaired) electrons. The minimum Gasteiger partial charge on any atom is -0.369 e. The smallest absolute Gasteiger partial charge is 0.277 e. The van der Waals surface area contributed by atoms with E-state index in [1.807, 2.05) is 6.07 Å². The Kier molecular flexibility index (Phi) is 6.07. The van der Waals surface area contributed by atoms with E-state index >= 15 is 0 Å². The molecule has 170 valence electrons. The number of non-ortho nitro benzene ring substituents is 1. The van der Waals surface area contributed by atoms with Gasteiger partial charge in [0.1, 0.15) is 5.92 Å². The molecule has 0 bridgehead atoms. The van der Waals surface area contributed by atoms with Gasteiger partial charge in [-0.15, -0.1) is 0 Å². The molecule has 2 aromatic carbocycles. The quantitative estimate of drug-likeness (QED) is 0.309. The first-order valence-electron chi connectivity index (χ1n) is 10.1. The van der Waals surface area contributed by atoms with Gasteiger partial charge in [-0.05, 0) is 12.5 Å². The van der Waals surface area contributed by atoms with Crippen molar-refractivity contribution in [3.05, 3.63) is 98.1 Å². The van der Waals surface area contributed by atoms with Crippen molar-refractivity contribution in [1.82, 2.24) is 14.8 Å². The second-order valence-electron chi connectivity index (χ2n) is 7.50. The van der Waals surface area contributed by atoms with Gasteiger partial charge >= 0.3 is 0 Å². The summed E-state index contributed by atoms with van der Waals surface area (Å²) in [6.07, 6.45) is 1.53. The molecule has 0 saturated heterocycles. The highest BCUT2D eigenvalue weighted by molar-refractivity contribution is 7.17. The largest absolute Gasteiger partial charge is 0.369 e. The number of nitrogens with zero attached hydrogens (tertiary/aromatic N) is 4. The van der Waals surface area contributed by atoms with E-state index in [1.54, 1.807) is 49.4 Å². The number of carbonyl (C=O) groups excluding carboxylic acids is 1. The zero-order valence-electron chi connectivity index (χ0n) is 17.8. The highest BCUT2D eigenvalue weighted by Crippen LogP contribution is 2.33. The van der Waals surface area contributed by atoms with Gasteiger partial charge in [-0.3, -0.25) is 24.8 Å². The van der Waals surface area contributed by atoms with Crippen LogP contribution in [0, 0.1) is 34.3 Å². The number of nitriles is 1. The SMILES string of the molecule is Cc1[nH]n(-c2ncc(-c3cccc([N+](=O)[O-])c3)s2)c(=O)c1[C@H](c1ccccc1)[C@@H](C#N)C(N)=O. The molecule has 0 aliphatic heterocycles. The van der Waals surface area contributed by atoms with Crippen molar-refractivity contribution in [2.75, 3.05) is 0 Å². The summed E-state index contributed by atoms with van der Waals surface area (Å²) in [6, 6.07) is 16.8. The zero-order chi connectivity index (χ0) is 24.4. The average Bonchev–Trinajstić information content (AvgIpc) is 3.42. The normalized spacial score (nSPS) is 12.6. The summed E-state index contributed by atoms with van der Waals surface area (Å²) in [6.45, 7) is 1.67. The van der Waals surface area contributed by atoms with Gasteiger partial charge in [0.15, 0.2) is 0 Å². The van der Waals surface area contributed by atoms with Gasteiger partial charge in [-0.1, -0.05) is 53.8 Å². The van der Waals surface area contributed by atoms with Gasteiger partial charge in [0.05, 0.1) is 15.9 Å². The summed E-state index contributed by atoms with van der Waals surface area (Å²) in [7, 11) is 0. The maximum atomic E-state index is 13.5. The number of primary amides is 1. The lowest BCUT2D eigenvalue weighted by Crippen LogP contribution is -2.31. The Hall–Kier alpha value is -4.56. The predicted octanol–water partition coefficient (Wildman–Crippen LogP) is 3.26. The number of hydrogen-bond donors (Lipinski definition) is 2. The molecule has 34 heavy (non-hydrogen) atoms. The lowest BCUT2D eigenvalue weighted by molar-refractivity contribution is -0.384. The number of amides is 1. The monoisotopic (exact) mass is 474 g/mol. The lowest BCUT2D eigenvalue weighted by Gasteiger charge is -2.19. The standard InChI is InChI=1S/C23H18N6O4S/c1-13-19(20(17(11-24)21(25)30)14-6-3-2-4-7-14)22(31)28(27-13)23-26-12-18(34-23)15-8-5-9-16(10-15)29(32)33/h2-10,12,17,20,27H,1H3,(H2,25,30)/t17-,20-/m1/s1. The number of nitro benzene ring substituents is 1. The number of H-pyrrole nitrogens is 1. The van der Waals surface area contributed by atoms with Crippen LogP contribution in [-0.2, 0) is 4.79 Å². The number of aryl methyl sites for hydroxylation is 1. The van der Waals surface area contributed by atoms with Gasteiger partial charge < -0.3 is 5.73 Å². The number of nitrogens with one attached hydrogen (secondary N) is 1. The van der Waals surface area contributed by atoms with Gasteiger partial charge in [0, 0.05) is 41.1 Å². The minimum absolute atomic E-state index is 0.0534. The first-order valence-corrected chi connectivity index (χ1v) is 10.9. The number of rotatable bonds is 7. The van der Waals surface area contributed by atoms with E-state index in [0.29, 0.717) is 26.8 Å². The number of nitro groups is 1. The number of carbonyl (C=O) groups is 1. The fourth-order valence-corrected chi connectivity index (χ4v) is 4.70. The summed E-state index contributed by atoms with van der Waals surface area (Å²) in [5.74, 6) is -2.95. The van der Waals surface area contributed by atoms with Crippen LogP contribution in [0.5, 0.6) is 0 Å². The minimum atomic E-state index is -1.25. The van der Waals surface area contributed by atoms with Crippen LogP contribution >= 0.6 is 11.3 Å². The van der Waals surface area contributed by atoms with Crippen LogP contribution in [0.25, 0.3) is 15.6 Å². The molecule has 3 N–H and O–H groups in total. The van der Waals surface area contributed by atoms with Gasteiger partial charge in [0.2, 0.25) is 11.0 Å². The fourth-order valence-electron chi connectivity index (χ4n) is 3.82. The molecule has 0 unspecified atom stereocenters. The van der Waals surface area contributed by atoms with Crippen LogP contribution in [0.2, 0.25) is 0 Å². The van der Waals surface area contributed by atoms with E-state index in [2.05, 4.69) is 10.1 Å².